The number of rotatable bonds is 8. The molecule has 0 spiro atoms. The first-order valence-electron chi connectivity index (χ1n) is 8.06. The molecule has 21 heavy (non-hydrogen) atoms. The van der Waals surface area contributed by atoms with Crippen LogP contribution in [0.25, 0.3) is 0 Å². The zero-order valence-corrected chi connectivity index (χ0v) is 13.9. The minimum absolute atomic E-state index is 0.0964. The molecule has 1 amide bonds. The number of benzene rings is 1. The number of carbonyl (C=O) groups is 1. The molecule has 1 rings (SSSR count). The standard InChI is InChI=1S/C18H30N2O/c1-5-15(16-10-8-14(4)9-11-16)12-17(21)20-13-18(19,6-2)7-3/h8-11,15H,5-7,12-13,19H2,1-4H3,(H,20,21). The van der Waals surface area contributed by atoms with Gasteiger partial charge >= 0.3 is 0 Å². The van der Waals surface area contributed by atoms with Gasteiger partial charge in [-0.15, -0.1) is 0 Å². The fraction of sp³-hybridized carbons (Fsp3) is 0.611. The van der Waals surface area contributed by atoms with Crippen LogP contribution in [-0.2, 0) is 4.79 Å². The zero-order valence-electron chi connectivity index (χ0n) is 13.9. The van der Waals surface area contributed by atoms with Gasteiger partial charge < -0.3 is 11.1 Å². The van der Waals surface area contributed by atoms with Crippen molar-refractivity contribution in [3.05, 3.63) is 35.4 Å². The maximum absolute atomic E-state index is 12.2. The fourth-order valence-corrected chi connectivity index (χ4v) is 2.41. The topological polar surface area (TPSA) is 55.1 Å². The van der Waals surface area contributed by atoms with Gasteiger partial charge in [-0.25, -0.2) is 0 Å². The molecular weight excluding hydrogens is 260 g/mol. The molecule has 1 aromatic carbocycles. The number of carbonyl (C=O) groups excluding carboxylic acids is 1. The van der Waals surface area contributed by atoms with Crippen molar-refractivity contribution in [2.75, 3.05) is 6.54 Å². The molecule has 0 saturated carbocycles. The number of aryl methyl sites for hydroxylation is 1. The summed E-state index contributed by atoms with van der Waals surface area (Å²) in [5.74, 6) is 0.375. The van der Waals surface area contributed by atoms with E-state index in [1.54, 1.807) is 0 Å². The Morgan fingerprint density at radius 3 is 2.24 bits per heavy atom. The second kappa shape index (κ2) is 8.18. The molecule has 0 fully saturated rings. The lowest BCUT2D eigenvalue weighted by molar-refractivity contribution is -0.121. The molecule has 0 bridgehead atoms. The maximum Gasteiger partial charge on any atom is 0.220 e. The van der Waals surface area contributed by atoms with Crippen LogP contribution in [0.4, 0.5) is 0 Å². The lowest BCUT2D eigenvalue weighted by Gasteiger charge is -2.27. The Labute approximate surface area is 129 Å². The monoisotopic (exact) mass is 290 g/mol. The van der Waals surface area contributed by atoms with Crippen molar-refractivity contribution in [2.45, 2.75) is 64.8 Å². The second-order valence-electron chi connectivity index (χ2n) is 6.07. The van der Waals surface area contributed by atoms with Crippen molar-refractivity contribution < 1.29 is 4.79 Å². The third kappa shape index (κ3) is 5.50. The van der Waals surface area contributed by atoms with E-state index in [4.69, 9.17) is 5.73 Å². The zero-order chi connectivity index (χ0) is 15.9. The number of hydrogen-bond donors (Lipinski definition) is 2. The number of nitrogens with one attached hydrogen (secondary N) is 1. The predicted octanol–water partition coefficient (Wildman–Crippen LogP) is 3.51. The third-order valence-electron chi connectivity index (χ3n) is 4.52. The summed E-state index contributed by atoms with van der Waals surface area (Å²) in [6.07, 6.45) is 3.24. The van der Waals surface area contributed by atoms with Gasteiger partial charge in [0, 0.05) is 18.5 Å². The van der Waals surface area contributed by atoms with Crippen molar-refractivity contribution in [1.29, 1.82) is 0 Å². The molecule has 0 aliphatic rings. The highest BCUT2D eigenvalue weighted by molar-refractivity contribution is 5.77. The Morgan fingerprint density at radius 2 is 1.76 bits per heavy atom. The maximum atomic E-state index is 12.2. The van der Waals surface area contributed by atoms with E-state index in [2.05, 4.69) is 57.3 Å². The highest BCUT2D eigenvalue weighted by atomic mass is 16.1. The summed E-state index contributed by atoms with van der Waals surface area (Å²) >= 11 is 0. The average Bonchev–Trinajstić information content (AvgIpc) is 2.51. The van der Waals surface area contributed by atoms with E-state index in [-0.39, 0.29) is 17.4 Å². The second-order valence-corrected chi connectivity index (χ2v) is 6.07. The van der Waals surface area contributed by atoms with Gasteiger partial charge in [0.2, 0.25) is 5.91 Å². The summed E-state index contributed by atoms with van der Waals surface area (Å²) in [7, 11) is 0. The summed E-state index contributed by atoms with van der Waals surface area (Å²) in [6, 6.07) is 8.47. The predicted molar refractivity (Wildman–Crippen MR) is 89.3 cm³/mol. The van der Waals surface area contributed by atoms with Crippen LogP contribution in [0.15, 0.2) is 24.3 Å². The normalized spacial score (nSPS) is 13.0. The van der Waals surface area contributed by atoms with Gasteiger partial charge in [-0.2, -0.15) is 0 Å². The van der Waals surface area contributed by atoms with E-state index >= 15 is 0 Å². The lowest BCUT2D eigenvalue weighted by atomic mass is 9.91. The van der Waals surface area contributed by atoms with Crippen molar-refractivity contribution >= 4 is 5.91 Å². The van der Waals surface area contributed by atoms with Gasteiger partial charge in [0.05, 0.1) is 0 Å². The van der Waals surface area contributed by atoms with Gasteiger partial charge in [-0.05, 0) is 37.7 Å². The molecule has 0 saturated heterocycles. The van der Waals surface area contributed by atoms with Crippen LogP contribution in [0.5, 0.6) is 0 Å². The number of nitrogens with two attached hydrogens (primary N) is 1. The van der Waals surface area contributed by atoms with Crippen molar-refractivity contribution in [2.24, 2.45) is 5.73 Å². The Bertz CT molecular complexity index is 435. The molecule has 0 aliphatic heterocycles. The largest absolute Gasteiger partial charge is 0.354 e. The lowest BCUT2D eigenvalue weighted by Crippen LogP contribution is -2.49. The fourth-order valence-electron chi connectivity index (χ4n) is 2.41. The molecule has 118 valence electrons. The van der Waals surface area contributed by atoms with E-state index in [0.717, 1.165) is 19.3 Å². The number of amides is 1. The van der Waals surface area contributed by atoms with Crippen molar-refractivity contribution in [1.82, 2.24) is 5.32 Å². The molecule has 0 heterocycles. The first-order chi connectivity index (χ1) is 9.94. The molecule has 0 radical (unpaired) electrons. The van der Waals surface area contributed by atoms with Crippen LogP contribution in [-0.4, -0.2) is 18.0 Å². The Kier molecular flexibility index (Phi) is 6.90. The molecule has 3 N–H and O–H groups in total. The number of hydrogen-bond acceptors (Lipinski definition) is 2. The van der Waals surface area contributed by atoms with Gasteiger partial charge in [-0.3, -0.25) is 4.79 Å². The van der Waals surface area contributed by atoms with Crippen molar-refractivity contribution in [3.8, 4) is 0 Å². The average molecular weight is 290 g/mol. The van der Waals surface area contributed by atoms with E-state index < -0.39 is 0 Å². The van der Waals surface area contributed by atoms with E-state index in [1.807, 2.05) is 0 Å². The summed E-state index contributed by atoms with van der Waals surface area (Å²) in [4.78, 5) is 12.2. The van der Waals surface area contributed by atoms with Crippen LogP contribution >= 0.6 is 0 Å². The highest BCUT2D eigenvalue weighted by Gasteiger charge is 2.22. The Hall–Kier alpha value is -1.35. The van der Waals surface area contributed by atoms with E-state index in [9.17, 15) is 4.79 Å². The molecule has 1 aromatic rings. The summed E-state index contributed by atoms with van der Waals surface area (Å²) in [5.41, 5.74) is 8.43. The smallest absolute Gasteiger partial charge is 0.220 e. The Morgan fingerprint density at radius 1 is 1.19 bits per heavy atom. The molecule has 1 unspecified atom stereocenters. The van der Waals surface area contributed by atoms with Gasteiger partial charge in [0.15, 0.2) is 0 Å². The quantitative estimate of drug-likeness (QED) is 0.769. The molecule has 0 aromatic heterocycles. The van der Waals surface area contributed by atoms with Crippen LogP contribution in [0, 0.1) is 6.92 Å². The van der Waals surface area contributed by atoms with Crippen LogP contribution in [0.2, 0.25) is 0 Å². The van der Waals surface area contributed by atoms with E-state index in [0.29, 0.717) is 13.0 Å². The Balaban J connectivity index is 2.57. The summed E-state index contributed by atoms with van der Waals surface area (Å²) in [5, 5.41) is 3.01. The summed E-state index contributed by atoms with van der Waals surface area (Å²) < 4.78 is 0. The van der Waals surface area contributed by atoms with Crippen LogP contribution < -0.4 is 11.1 Å². The highest BCUT2D eigenvalue weighted by Crippen LogP contribution is 2.23. The SMILES string of the molecule is CCC(CC(=O)NCC(N)(CC)CC)c1ccc(C)cc1. The first kappa shape index (κ1) is 17.7. The van der Waals surface area contributed by atoms with Crippen LogP contribution in [0.1, 0.15) is 63.5 Å². The molecule has 3 nitrogen and oxygen atoms in total. The molecular formula is C18H30N2O. The van der Waals surface area contributed by atoms with Gasteiger partial charge in [-0.1, -0.05) is 50.6 Å². The minimum Gasteiger partial charge on any atom is -0.354 e. The molecule has 3 heteroatoms. The van der Waals surface area contributed by atoms with Crippen molar-refractivity contribution in [3.63, 3.8) is 0 Å². The first-order valence-corrected chi connectivity index (χ1v) is 8.06. The third-order valence-corrected chi connectivity index (χ3v) is 4.52. The van der Waals surface area contributed by atoms with E-state index in [1.165, 1.54) is 11.1 Å². The van der Waals surface area contributed by atoms with Gasteiger partial charge in [0.25, 0.3) is 0 Å². The van der Waals surface area contributed by atoms with Gasteiger partial charge in [0.1, 0.15) is 0 Å². The van der Waals surface area contributed by atoms with Crippen LogP contribution in [0.3, 0.4) is 0 Å². The minimum atomic E-state index is -0.277. The molecule has 0 aliphatic carbocycles. The summed E-state index contributed by atoms with van der Waals surface area (Å²) in [6.45, 7) is 8.90. The molecule has 1 atom stereocenters.